The van der Waals surface area contributed by atoms with Gasteiger partial charge in [0.2, 0.25) is 5.91 Å². The first-order chi connectivity index (χ1) is 12.8. The standard InChI is InChI=1S/C20H21N5O/c21-15-16-6-8-22-19(14-16)24-12-10-23(11-13-24)18-7-9-25(20(18)26)17-4-2-1-3-5-17/h1-6,8,14,18H,7,9-13H2. The molecule has 0 N–H and O–H groups in total. The lowest BCUT2D eigenvalue weighted by Gasteiger charge is -2.37. The second kappa shape index (κ2) is 7.14. The van der Waals surface area contributed by atoms with Gasteiger partial charge in [0.25, 0.3) is 0 Å². The first-order valence-electron chi connectivity index (χ1n) is 8.98. The van der Waals surface area contributed by atoms with Crippen molar-refractivity contribution in [3.63, 3.8) is 0 Å². The summed E-state index contributed by atoms with van der Waals surface area (Å²) in [5.74, 6) is 1.04. The van der Waals surface area contributed by atoms with E-state index in [4.69, 9.17) is 5.26 Å². The monoisotopic (exact) mass is 347 g/mol. The highest BCUT2D eigenvalue weighted by Gasteiger charge is 2.37. The maximum atomic E-state index is 12.9. The van der Waals surface area contributed by atoms with Gasteiger partial charge in [0.05, 0.1) is 17.7 Å². The Morgan fingerprint density at radius 2 is 1.81 bits per heavy atom. The molecule has 1 amide bonds. The van der Waals surface area contributed by atoms with Crippen molar-refractivity contribution in [3.05, 3.63) is 54.2 Å². The molecule has 0 radical (unpaired) electrons. The van der Waals surface area contributed by atoms with Gasteiger partial charge in [-0.15, -0.1) is 0 Å². The molecule has 26 heavy (non-hydrogen) atoms. The Bertz CT molecular complexity index is 824. The number of rotatable bonds is 3. The number of hydrogen-bond donors (Lipinski definition) is 0. The van der Waals surface area contributed by atoms with Crippen LogP contribution in [0, 0.1) is 11.3 Å². The largest absolute Gasteiger partial charge is 0.354 e. The van der Waals surface area contributed by atoms with E-state index in [1.807, 2.05) is 41.3 Å². The molecule has 4 rings (SSSR count). The molecule has 0 spiro atoms. The minimum Gasteiger partial charge on any atom is -0.354 e. The molecular weight excluding hydrogens is 326 g/mol. The van der Waals surface area contributed by atoms with Crippen molar-refractivity contribution in [3.8, 4) is 6.07 Å². The predicted molar refractivity (Wildman–Crippen MR) is 99.9 cm³/mol. The molecule has 2 aliphatic rings. The number of carbonyl (C=O) groups is 1. The van der Waals surface area contributed by atoms with Crippen LogP contribution in [0.1, 0.15) is 12.0 Å². The molecule has 0 saturated carbocycles. The van der Waals surface area contributed by atoms with E-state index < -0.39 is 0 Å². The van der Waals surface area contributed by atoms with E-state index in [1.165, 1.54) is 0 Å². The molecule has 3 heterocycles. The number of piperazine rings is 1. The molecule has 0 bridgehead atoms. The Morgan fingerprint density at radius 1 is 1.04 bits per heavy atom. The van der Waals surface area contributed by atoms with E-state index >= 15 is 0 Å². The van der Waals surface area contributed by atoms with Crippen LogP contribution >= 0.6 is 0 Å². The van der Waals surface area contributed by atoms with Gasteiger partial charge >= 0.3 is 0 Å². The van der Waals surface area contributed by atoms with E-state index in [-0.39, 0.29) is 11.9 Å². The van der Waals surface area contributed by atoms with Crippen LogP contribution in [0.25, 0.3) is 0 Å². The Balaban J connectivity index is 1.39. The van der Waals surface area contributed by atoms with Crippen molar-refractivity contribution < 1.29 is 4.79 Å². The zero-order valence-corrected chi connectivity index (χ0v) is 14.6. The fourth-order valence-electron chi connectivity index (χ4n) is 3.79. The van der Waals surface area contributed by atoms with E-state index in [1.54, 1.807) is 12.3 Å². The summed E-state index contributed by atoms with van der Waals surface area (Å²) in [6.45, 7) is 4.07. The first-order valence-corrected chi connectivity index (χ1v) is 8.98. The number of para-hydroxylation sites is 1. The Labute approximate surface area is 153 Å². The summed E-state index contributed by atoms with van der Waals surface area (Å²) in [6, 6.07) is 15.6. The number of benzene rings is 1. The zero-order valence-electron chi connectivity index (χ0n) is 14.6. The van der Waals surface area contributed by atoms with Gasteiger partial charge in [0.15, 0.2) is 0 Å². The van der Waals surface area contributed by atoms with Gasteiger partial charge in [-0.2, -0.15) is 5.26 Å². The van der Waals surface area contributed by atoms with Crippen LogP contribution in [0.4, 0.5) is 11.5 Å². The fraction of sp³-hybridized carbons (Fsp3) is 0.350. The Morgan fingerprint density at radius 3 is 2.54 bits per heavy atom. The predicted octanol–water partition coefficient (Wildman–Crippen LogP) is 1.88. The molecule has 1 unspecified atom stereocenters. The molecule has 6 nitrogen and oxygen atoms in total. The smallest absolute Gasteiger partial charge is 0.244 e. The van der Waals surface area contributed by atoms with E-state index in [0.717, 1.165) is 50.6 Å². The highest BCUT2D eigenvalue weighted by Crippen LogP contribution is 2.25. The summed E-state index contributed by atoms with van der Waals surface area (Å²) < 4.78 is 0. The average molecular weight is 347 g/mol. The van der Waals surface area contributed by atoms with Gasteiger partial charge < -0.3 is 9.80 Å². The number of aromatic nitrogens is 1. The van der Waals surface area contributed by atoms with E-state index in [0.29, 0.717) is 5.56 Å². The number of nitrogens with zero attached hydrogens (tertiary/aromatic N) is 5. The average Bonchev–Trinajstić information content (AvgIpc) is 3.10. The van der Waals surface area contributed by atoms with Crippen LogP contribution in [0.2, 0.25) is 0 Å². The molecule has 2 aromatic rings. The molecule has 1 atom stereocenters. The first kappa shape index (κ1) is 16.6. The molecule has 6 heteroatoms. The summed E-state index contributed by atoms with van der Waals surface area (Å²) in [6.07, 6.45) is 2.55. The van der Waals surface area contributed by atoms with Gasteiger partial charge in [-0.3, -0.25) is 9.69 Å². The highest BCUT2D eigenvalue weighted by molar-refractivity contribution is 5.99. The lowest BCUT2D eigenvalue weighted by molar-refractivity contribution is -0.121. The van der Waals surface area contributed by atoms with Crippen LogP contribution in [0.3, 0.4) is 0 Å². The summed E-state index contributed by atoms with van der Waals surface area (Å²) in [4.78, 5) is 23.6. The third-order valence-electron chi connectivity index (χ3n) is 5.20. The second-order valence-electron chi connectivity index (χ2n) is 6.67. The van der Waals surface area contributed by atoms with Gasteiger partial charge in [-0.1, -0.05) is 18.2 Å². The molecule has 2 saturated heterocycles. The Kier molecular flexibility index (Phi) is 4.55. The van der Waals surface area contributed by atoms with Crippen LogP contribution in [0.5, 0.6) is 0 Å². The van der Waals surface area contributed by atoms with Crippen LogP contribution < -0.4 is 9.80 Å². The summed E-state index contributed by atoms with van der Waals surface area (Å²) in [5.41, 5.74) is 1.61. The zero-order chi connectivity index (χ0) is 17.9. The molecule has 0 aliphatic carbocycles. The van der Waals surface area contributed by atoms with Crippen molar-refractivity contribution in [2.45, 2.75) is 12.5 Å². The quantitative estimate of drug-likeness (QED) is 0.848. The van der Waals surface area contributed by atoms with E-state index in [9.17, 15) is 4.79 Å². The molecule has 1 aromatic heterocycles. The number of pyridine rings is 1. The van der Waals surface area contributed by atoms with Gasteiger partial charge in [-0.05, 0) is 30.7 Å². The van der Waals surface area contributed by atoms with Crippen molar-refractivity contribution in [2.75, 3.05) is 42.5 Å². The maximum Gasteiger partial charge on any atom is 0.244 e. The van der Waals surface area contributed by atoms with Crippen molar-refractivity contribution in [2.24, 2.45) is 0 Å². The molecule has 132 valence electrons. The van der Waals surface area contributed by atoms with Crippen molar-refractivity contribution in [1.29, 1.82) is 5.26 Å². The van der Waals surface area contributed by atoms with Gasteiger partial charge in [-0.25, -0.2) is 4.98 Å². The van der Waals surface area contributed by atoms with Crippen LogP contribution in [0.15, 0.2) is 48.7 Å². The van der Waals surface area contributed by atoms with Crippen molar-refractivity contribution in [1.82, 2.24) is 9.88 Å². The highest BCUT2D eigenvalue weighted by atomic mass is 16.2. The maximum absolute atomic E-state index is 12.9. The van der Waals surface area contributed by atoms with Crippen LogP contribution in [-0.4, -0.2) is 54.6 Å². The topological polar surface area (TPSA) is 63.5 Å². The number of carbonyl (C=O) groups excluding carboxylic acids is 1. The third kappa shape index (κ3) is 3.14. The minimum absolute atomic E-state index is 0.0317. The lowest BCUT2D eigenvalue weighted by Crippen LogP contribution is -2.52. The third-order valence-corrected chi connectivity index (χ3v) is 5.20. The summed E-state index contributed by atoms with van der Waals surface area (Å²) in [7, 11) is 0. The minimum atomic E-state index is -0.0317. The number of nitriles is 1. The molecule has 2 aliphatic heterocycles. The van der Waals surface area contributed by atoms with E-state index in [2.05, 4.69) is 20.9 Å². The van der Waals surface area contributed by atoms with Crippen molar-refractivity contribution >= 4 is 17.4 Å². The Hall–Kier alpha value is -2.91. The number of hydrogen-bond acceptors (Lipinski definition) is 5. The summed E-state index contributed by atoms with van der Waals surface area (Å²) in [5, 5.41) is 9.05. The van der Waals surface area contributed by atoms with Crippen LogP contribution in [-0.2, 0) is 4.79 Å². The number of anilines is 2. The summed E-state index contributed by atoms with van der Waals surface area (Å²) >= 11 is 0. The molecular formula is C20H21N5O. The van der Waals surface area contributed by atoms with Gasteiger partial charge in [0, 0.05) is 44.6 Å². The second-order valence-corrected chi connectivity index (χ2v) is 6.67. The number of amides is 1. The molecule has 1 aromatic carbocycles. The normalized spacial score (nSPS) is 21.0. The lowest BCUT2D eigenvalue weighted by atomic mass is 10.1. The molecule has 2 fully saturated rings. The fourth-order valence-corrected chi connectivity index (χ4v) is 3.79. The van der Waals surface area contributed by atoms with Gasteiger partial charge in [0.1, 0.15) is 5.82 Å². The SMILES string of the molecule is N#Cc1ccnc(N2CCN(C3CCN(c4ccccc4)C3=O)CC2)c1.